The van der Waals surface area contributed by atoms with Crippen LogP contribution >= 0.6 is 8.03 Å². The average molecular weight is 271 g/mol. The fraction of sp³-hybridized carbons (Fsp3) is 0.417. The minimum atomic E-state index is -2.53. The zero-order chi connectivity index (χ0) is 13.4. The zero-order valence-corrected chi connectivity index (χ0v) is 11.3. The lowest BCUT2D eigenvalue weighted by atomic mass is 10.1. The van der Waals surface area contributed by atoms with Crippen LogP contribution < -0.4 is 5.32 Å². The molecule has 1 rings (SSSR count). The second-order valence-electron chi connectivity index (χ2n) is 3.76. The molecule has 100 valence electrons. The molecule has 2 atom stereocenters. The van der Waals surface area contributed by atoms with E-state index >= 15 is 0 Å². The van der Waals surface area contributed by atoms with Gasteiger partial charge < -0.3 is 14.9 Å². The van der Waals surface area contributed by atoms with Crippen molar-refractivity contribution >= 4 is 14.1 Å². The summed E-state index contributed by atoms with van der Waals surface area (Å²) in [4.78, 5) is 20.3. The summed E-state index contributed by atoms with van der Waals surface area (Å²) < 4.78 is 15.6. The highest BCUT2D eigenvalue weighted by atomic mass is 31.1. The molecule has 0 heterocycles. The number of carbonyl (C=O) groups is 1. The second kappa shape index (κ2) is 7.90. The highest BCUT2D eigenvalue weighted by molar-refractivity contribution is 7.37. The van der Waals surface area contributed by atoms with Crippen LogP contribution in [0.5, 0.6) is 0 Å². The number of ether oxygens (including phenoxy) is 1. The van der Waals surface area contributed by atoms with Crippen molar-refractivity contribution in [2.75, 3.05) is 12.8 Å². The summed E-state index contributed by atoms with van der Waals surface area (Å²) in [6, 6.07) is 9.02. The van der Waals surface area contributed by atoms with E-state index in [1.54, 1.807) is 6.92 Å². The molecular weight excluding hydrogens is 253 g/mol. The minimum Gasteiger partial charge on any atom is -0.450 e. The third-order valence-corrected chi connectivity index (χ3v) is 3.13. The van der Waals surface area contributed by atoms with Gasteiger partial charge in [-0.25, -0.2) is 4.79 Å². The molecule has 0 bridgehead atoms. The first kappa shape index (κ1) is 14.7. The topological polar surface area (TPSA) is 75.6 Å². The maximum atomic E-state index is 11.4. The Kier molecular flexibility index (Phi) is 6.47. The molecule has 0 aliphatic heterocycles. The highest BCUT2D eigenvalue weighted by Gasteiger charge is 2.15. The molecule has 0 radical (unpaired) electrons. The zero-order valence-electron chi connectivity index (χ0n) is 10.3. The van der Waals surface area contributed by atoms with Gasteiger partial charge in [0.05, 0.1) is 12.6 Å². The van der Waals surface area contributed by atoms with Gasteiger partial charge in [-0.05, 0) is 18.9 Å². The summed E-state index contributed by atoms with van der Waals surface area (Å²) in [5.41, 5.74) is 0.897. The normalized spacial score (nSPS) is 13.7. The number of hydrogen-bond donors (Lipinski definition) is 2. The summed E-state index contributed by atoms with van der Waals surface area (Å²) in [5, 5.41) is 2.69. The molecule has 0 aliphatic carbocycles. The van der Waals surface area contributed by atoms with E-state index < -0.39 is 14.1 Å². The Balaban J connectivity index is 2.69. The fourth-order valence-electron chi connectivity index (χ4n) is 1.59. The summed E-state index contributed by atoms with van der Waals surface area (Å²) in [5.74, 6) is 0. The summed E-state index contributed by atoms with van der Waals surface area (Å²) in [7, 11) is -2.53. The Morgan fingerprint density at radius 1 is 1.44 bits per heavy atom. The van der Waals surface area contributed by atoms with Crippen LogP contribution in [0.2, 0.25) is 0 Å². The van der Waals surface area contributed by atoms with Crippen LogP contribution in [-0.4, -0.2) is 23.8 Å². The lowest BCUT2D eigenvalue weighted by Gasteiger charge is -2.18. The van der Waals surface area contributed by atoms with E-state index in [1.807, 2.05) is 30.3 Å². The maximum Gasteiger partial charge on any atom is 0.407 e. The first-order valence-electron chi connectivity index (χ1n) is 5.83. The van der Waals surface area contributed by atoms with Crippen molar-refractivity contribution in [2.45, 2.75) is 19.4 Å². The van der Waals surface area contributed by atoms with Gasteiger partial charge in [0.1, 0.15) is 0 Å². The van der Waals surface area contributed by atoms with E-state index in [0.717, 1.165) is 5.56 Å². The number of carbonyl (C=O) groups excluding carboxylic acids is 1. The standard InChI is InChI=1S/C12H18NO4P/c1-2-17-12(14)13-11(8-9-18(15)16)10-6-4-3-5-7-10/h3-7,11,18H,2,8-9H2,1H3,(H,13,14)(H,15,16). The van der Waals surface area contributed by atoms with E-state index in [-0.39, 0.29) is 12.2 Å². The molecule has 0 spiro atoms. The molecule has 0 saturated heterocycles. The van der Waals surface area contributed by atoms with Gasteiger partial charge in [0.15, 0.2) is 8.03 Å². The molecule has 2 unspecified atom stereocenters. The Labute approximate surface area is 107 Å². The number of rotatable bonds is 6. The van der Waals surface area contributed by atoms with E-state index in [2.05, 4.69) is 5.32 Å². The summed E-state index contributed by atoms with van der Waals surface area (Å²) in [6.07, 6.45) is 0.0808. The molecule has 0 aromatic heterocycles. The largest absolute Gasteiger partial charge is 0.450 e. The van der Waals surface area contributed by atoms with Gasteiger partial charge in [-0.15, -0.1) is 0 Å². The second-order valence-corrected chi connectivity index (χ2v) is 5.05. The van der Waals surface area contributed by atoms with Gasteiger partial charge in [-0.2, -0.15) is 0 Å². The number of hydrogen-bond acceptors (Lipinski definition) is 3. The highest BCUT2D eigenvalue weighted by Crippen LogP contribution is 2.23. The molecule has 2 N–H and O–H groups in total. The van der Waals surface area contributed by atoms with Crippen molar-refractivity contribution in [1.29, 1.82) is 0 Å². The SMILES string of the molecule is CCOC(=O)NC(CC[PH](=O)O)c1ccccc1. The third kappa shape index (κ3) is 5.34. The summed E-state index contributed by atoms with van der Waals surface area (Å²) in [6.45, 7) is 2.02. The van der Waals surface area contributed by atoms with Crippen LogP contribution in [0.4, 0.5) is 4.79 Å². The van der Waals surface area contributed by atoms with E-state index in [0.29, 0.717) is 13.0 Å². The van der Waals surface area contributed by atoms with Crippen LogP contribution in [0.3, 0.4) is 0 Å². The lowest BCUT2D eigenvalue weighted by Crippen LogP contribution is -2.29. The first-order valence-corrected chi connectivity index (χ1v) is 7.39. The minimum absolute atomic E-state index is 0.177. The van der Waals surface area contributed by atoms with Crippen LogP contribution in [0, 0.1) is 0 Å². The lowest BCUT2D eigenvalue weighted by molar-refractivity contribution is 0.147. The quantitative estimate of drug-likeness (QED) is 0.779. The number of amides is 1. The van der Waals surface area contributed by atoms with Gasteiger partial charge in [0.2, 0.25) is 0 Å². The third-order valence-electron chi connectivity index (χ3n) is 2.42. The predicted molar refractivity (Wildman–Crippen MR) is 70.0 cm³/mol. The van der Waals surface area contributed by atoms with E-state index in [1.165, 1.54) is 0 Å². The Bertz CT molecular complexity index is 396. The van der Waals surface area contributed by atoms with Crippen LogP contribution in [0.15, 0.2) is 30.3 Å². The average Bonchev–Trinajstić information content (AvgIpc) is 2.35. The molecule has 18 heavy (non-hydrogen) atoms. The van der Waals surface area contributed by atoms with Crippen molar-refractivity contribution in [1.82, 2.24) is 5.32 Å². The Morgan fingerprint density at radius 3 is 2.67 bits per heavy atom. The smallest absolute Gasteiger partial charge is 0.407 e. The first-order chi connectivity index (χ1) is 8.63. The van der Waals surface area contributed by atoms with E-state index in [4.69, 9.17) is 9.63 Å². The molecule has 0 fully saturated rings. The van der Waals surface area contributed by atoms with E-state index in [9.17, 15) is 9.36 Å². The van der Waals surface area contributed by atoms with Gasteiger partial charge in [-0.1, -0.05) is 30.3 Å². The van der Waals surface area contributed by atoms with Gasteiger partial charge >= 0.3 is 6.09 Å². The summed E-state index contributed by atoms with van der Waals surface area (Å²) >= 11 is 0. The van der Waals surface area contributed by atoms with Crippen molar-refractivity contribution in [3.05, 3.63) is 35.9 Å². The van der Waals surface area contributed by atoms with Crippen molar-refractivity contribution in [3.63, 3.8) is 0 Å². The molecule has 6 heteroatoms. The fourth-order valence-corrected chi connectivity index (χ4v) is 2.13. The van der Waals surface area contributed by atoms with Crippen molar-refractivity contribution in [2.24, 2.45) is 0 Å². The molecule has 1 aromatic rings. The van der Waals surface area contributed by atoms with Gasteiger partial charge in [-0.3, -0.25) is 4.57 Å². The Morgan fingerprint density at radius 2 is 2.11 bits per heavy atom. The maximum absolute atomic E-state index is 11.4. The molecule has 5 nitrogen and oxygen atoms in total. The number of nitrogens with one attached hydrogen (secondary N) is 1. The van der Waals surface area contributed by atoms with Crippen LogP contribution in [0.1, 0.15) is 24.9 Å². The molecule has 0 aliphatic rings. The number of alkyl carbamates (subject to hydrolysis) is 1. The number of benzene rings is 1. The van der Waals surface area contributed by atoms with Gasteiger partial charge in [0, 0.05) is 6.16 Å². The van der Waals surface area contributed by atoms with Crippen molar-refractivity contribution in [3.8, 4) is 0 Å². The predicted octanol–water partition coefficient (Wildman–Crippen LogP) is 2.33. The Hall–Kier alpha value is -1.32. The van der Waals surface area contributed by atoms with Crippen LogP contribution in [0.25, 0.3) is 0 Å². The molecule has 1 aromatic carbocycles. The van der Waals surface area contributed by atoms with Gasteiger partial charge in [0.25, 0.3) is 0 Å². The molecule has 0 saturated carbocycles. The van der Waals surface area contributed by atoms with Crippen LogP contribution in [-0.2, 0) is 9.30 Å². The molecule has 1 amide bonds. The monoisotopic (exact) mass is 271 g/mol. The van der Waals surface area contributed by atoms with Crippen molar-refractivity contribution < 1.29 is 19.0 Å². The molecular formula is C12H18NO4P.